The molecule has 0 bridgehead atoms. The van der Waals surface area contributed by atoms with Gasteiger partial charge in [0.2, 0.25) is 0 Å². The van der Waals surface area contributed by atoms with Crippen LogP contribution in [0, 0.1) is 0 Å². The fraction of sp³-hybridized carbons (Fsp3) is 0.0455. The van der Waals surface area contributed by atoms with Crippen molar-refractivity contribution in [3.8, 4) is 11.1 Å². The van der Waals surface area contributed by atoms with Crippen LogP contribution in [-0.4, -0.2) is 36.0 Å². The number of carbonyl (C=O) groups is 1. The van der Waals surface area contributed by atoms with Gasteiger partial charge in [0, 0.05) is 16.8 Å². The molecule has 4 rings (SSSR count). The lowest BCUT2D eigenvalue weighted by Gasteiger charge is -2.11. The lowest BCUT2D eigenvalue weighted by atomic mass is 9.95. The van der Waals surface area contributed by atoms with Crippen molar-refractivity contribution in [1.29, 1.82) is 0 Å². The molecule has 0 spiro atoms. The molecule has 3 N–H and O–H groups in total. The van der Waals surface area contributed by atoms with Gasteiger partial charge in [-0.3, -0.25) is 4.79 Å². The molecule has 0 unspecified atom stereocenters. The highest BCUT2D eigenvalue weighted by Gasteiger charge is 2.15. The zero-order chi connectivity index (χ0) is 22.0. The maximum absolute atomic E-state index is 12.9. The van der Waals surface area contributed by atoms with E-state index in [1.54, 1.807) is 24.3 Å². The maximum atomic E-state index is 12.9. The molecule has 8 nitrogen and oxygen atoms in total. The normalized spacial score (nSPS) is 11.8. The summed E-state index contributed by atoms with van der Waals surface area (Å²) < 4.78 is 24.6. The number of hydrogen-bond donors (Lipinski definition) is 2. The second kappa shape index (κ2) is 8.04. The highest BCUT2D eigenvalue weighted by Crippen LogP contribution is 2.31. The molecule has 0 aliphatic carbocycles. The van der Waals surface area contributed by atoms with Crippen LogP contribution >= 0.6 is 0 Å². The first-order valence-electron chi connectivity index (χ1n) is 9.28. The predicted molar refractivity (Wildman–Crippen MR) is 122 cm³/mol. The molecule has 1 heterocycles. The number of nitrogens with one attached hydrogen (secondary N) is 1. The molecule has 0 aliphatic heterocycles. The van der Waals surface area contributed by atoms with Gasteiger partial charge in [-0.25, -0.2) is 8.42 Å². The number of hydrazone groups is 1. The molecule has 0 atom stereocenters. The number of benzene rings is 3. The van der Waals surface area contributed by atoms with Crippen LogP contribution in [-0.2, 0) is 10.0 Å². The molecule has 3 aromatic carbocycles. The van der Waals surface area contributed by atoms with Gasteiger partial charge in [0.1, 0.15) is 0 Å². The van der Waals surface area contributed by atoms with Gasteiger partial charge in [-0.1, -0.05) is 30.3 Å². The Labute approximate surface area is 179 Å². The predicted octanol–water partition coefficient (Wildman–Crippen LogP) is 3.06. The number of rotatable bonds is 5. The van der Waals surface area contributed by atoms with E-state index in [-0.39, 0.29) is 5.91 Å². The highest BCUT2D eigenvalue weighted by molar-refractivity contribution is 7.89. The molecule has 156 valence electrons. The SMILES string of the molecule is CS(=O)(=O)n1cc(-c2cc(C(=O)Nc3ccccc3)cc3ccc(C=NN)cc23)cn1. The Morgan fingerprint density at radius 1 is 1.13 bits per heavy atom. The zero-order valence-corrected chi connectivity index (χ0v) is 17.4. The molecular formula is C22H19N5O3S. The van der Waals surface area contributed by atoms with Gasteiger partial charge in [0.25, 0.3) is 15.9 Å². The van der Waals surface area contributed by atoms with Gasteiger partial charge in [-0.2, -0.15) is 14.3 Å². The van der Waals surface area contributed by atoms with E-state index in [2.05, 4.69) is 15.5 Å². The highest BCUT2D eigenvalue weighted by atomic mass is 32.2. The first kappa shape index (κ1) is 20.3. The van der Waals surface area contributed by atoms with E-state index in [1.165, 1.54) is 18.6 Å². The molecule has 4 aromatic rings. The molecule has 1 amide bonds. The first-order chi connectivity index (χ1) is 14.8. The van der Waals surface area contributed by atoms with Crippen molar-refractivity contribution in [2.75, 3.05) is 11.6 Å². The Kier molecular flexibility index (Phi) is 5.26. The quantitative estimate of drug-likeness (QED) is 0.285. The number of hydrogen-bond acceptors (Lipinski definition) is 6. The van der Waals surface area contributed by atoms with Crippen LogP contribution in [0.5, 0.6) is 0 Å². The van der Waals surface area contributed by atoms with Gasteiger partial charge < -0.3 is 11.2 Å². The summed E-state index contributed by atoms with van der Waals surface area (Å²) in [6.07, 6.45) is 5.46. The third-order valence-corrected chi connectivity index (χ3v) is 5.59. The Hall–Kier alpha value is -3.98. The van der Waals surface area contributed by atoms with Gasteiger partial charge in [-0.05, 0) is 52.2 Å². The van der Waals surface area contributed by atoms with Crippen LogP contribution in [0.25, 0.3) is 21.9 Å². The number of amides is 1. The molecule has 1 aromatic heterocycles. The van der Waals surface area contributed by atoms with Crippen LogP contribution < -0.4 is 11.2 Å². The fourth-order valence-corrected chi connectivity index (χ4v) is 3.79. The minimum Gasteiger partial charge on any atom is -0.323 e. The summed E-state index contributed by atoms with van der Waals surface area (Å²) in [6, 6.07) is 18.2. The van der Waals surface area contributed by atoms with E-state index in [4.69, 9.17) is 5.84 Å². The summed E-state index contributed by atoms with van der Waals surface area (Å²) in [6.45, 7) is 0. The summed E-state index contributed by atoms with van der Waals surface area (Å²) >= 11 is 0. The molecule has 0 fully saturated rings. The number of para-hydroxylation sites is 1. The molecule has 0 saturated heterocycles. The zero-order valence-electron chi connectivity index (χ0n) is 16.6. The van der Waals surface area contributed by atoms with Gasteiger partial charge in [-0.15, -0.1) is 0 Å². The summed E-state index contributed by atoms with van der Waals surface area (Å²) in [4.78, 5) is 12.9. The Balaban J connectivity index is 1.87. The molecule has 0 saturated carbocycles. The largest absolute Gasteiger partial charge is 0.323 e. The van der Waals surface area contributed by atoms with E-state index < -0.39 is 10.0 Å². The van der Waals surface area contributed by atoms with Gasteiger partial charge in [0.05, 0.1) is 24.9 Å². The molecule has 0 radical (unpaired) electrons. The topological polar surface area (TPSA) is 119 Å². The lowest BCUT2D eigenvalue weighted by molar-refractivity contribution is 0.102. The standard InChI is InChI=1S/C22H19N5O3S/c1-31(29,30)27-14-18(13-25-27)21-11-17(22(28)26-19-5-3-2-4-6-19)10-16-8-7-15(12-24-23)9-20(16)21/h2-14H,23H2,1H3,(H,26,28). The molecule has 0 aliphatic rings. The third-order valence-electron chi connectivity index (χ3n) is 4.71. The molecular weight excluding hydrogens is 414 g/mol. The first-order valence-corrected chi connectivity index (χ1v) is 11.1. The number of carbonyl (C=O) groups excluding carboxylic acids is 1. The number of fused-ring (bicyclic) bond motifs is 1. The summed E-state index contributed by atoms with van der Waals surface area (Å²) in [5.74, 6) is 5.00. The maximum Gasteiger partial charge on any atom is 0.255 e. The van der Waals surface area contributed by atoms with Crippen molar-refractivity contribution >= 4 is 38.6 Å². The van der Waals surface area contributed by atoms with Crippen LogP contribution in [0.4, 0.5) is 5.69 Å². The van der Waals surface area contributed by atoms with Crippen molar-refractivity contribution < 1.29 is 13.2 Å². The van der Waals surface area contributed by atoms with Crippen LogP contribution in [0.3, 0.4) is 0 Å². The monoisotopic (exact) mass is 433 g/mol. The average molecular weight is 433 g/mol. The smallest absolute Gasteiger partial charge is 0.255 e. The van der Waals surface area contributed by atoms with Crippen molar-refractivity contribution in [2.24, 2.45) is 10.9 Å². The van der Waals surface area contributed by atoms with Gasteiger partial charge >= 0.3 is 0 Å². The third kappa shape index (κ3) is 4.31. The fourth-order valence-electron chi connectivity index (χ4n) is 3.26. The number of nitrogens with zero attached hydrogens (tertiary/aromatic N) is 3. The Bertz CT molecular complexity index is 1410. The van der Waals surface area contributed by atoms with Crippen molar-refractivity contribution in [3.63, 3.8) is 0 Å². The van der Waals surface area contributed by atoms with Crippen LogP contribution in [0.2, 0.25) is 0 Å². The van der Waals surface area contributed by atoms with Crippen LogP contribution in [0.15, 0.2) is 78.2 Å². The minimum absolute atomic E-state index is 0.280. The summed E-state index contributed by atoms with van der Waals surface area (Å²) in [5.41, 5.74) is 3.10. The van der Waals surface area contributed by atoms with E-state index in [9.17, 15) is 13.2 Å². The van der Waals surface area contributed by atoms with Crippen LogP contribution in [0.1, 0.15) is 15.9 Å². The second-order valence-corrected chi connectivity index (χ2v) is 8.81. The Morgan fingerprint density at radius 2 is 1.90 bits per heavy atom. The summed E-state index contributed by atoms with van der Waals surface area (Å²) in [5, 5.41) is 12.0. The van der Waals surface area contributed by atoms with E-state index in [0.29, 0.717) is 22.4 Å². The van der Waals surface area contributed by atoms with E-state index in [0.717, 1.165) is 26.7 Å². The number of anilines is 1. The van der Waals surface area contributed by atoms with Crippen molar-refractivity contribution in [2.45, 2.75) is 0 Å². The van der Waals surface area contributed by atoms with E-state index in [1.807, 2.05) is 36.4 Å². The second-order valence-electron chi connectivity index (χ2n) is 6.97. The summed E-state index contributed by atoms with van der Waals surface area (Å²) in [7, 11) is -3.54. The van der Waals surface area contributed by atoms with E-state index >= 15 is 0 Å². The lowest BCUT2D eigenvalue weighted by Crippen LogP contribution is -2.12. The van der Waals surface area contributed by atoms with Gasteiger partial charge in [0.15, 0.2) is 0 Å². The molecule has 9 heteroatoms. The number of aromatic nitrogens is 2. The van der Waals surface area contributed by atoms with Crippen molar-refractivity contribution in [1.82, 2.24) is 9.19 Å². The van der Waals surface area contributed by atoms with Crippen molar-refractivity contribution in [3.05, 3.63) is 84.2 Å². The Morgan fingerprint density at radius 3 is 2.58 bits per heavy atom. The molecule has 31 heavy (non-hydrogen) atoms. The average Bonchev–Trinajstić information content (AvgIpc) is 3.25. The minimum atomic E-state index is -3.54. The number of nitrogens with two attached hydrogens (primary N) is 1.